The van der Waals surface area contributed by atoms with Crippen molar-refractivity contribution in [2.45, 2.75) is 45.7 Å². The molecule has 2 aromatic rings. The number of hydrogen-bond donors (Lipinski definition) is 1. The molecule has 0 bridgehead atoms. The zero-order chi connectivity index (χ0) is 13.0. The summed E-state index contributed by atoms with van der Waals surface area (Å²) < 4.78 is 0. The molecule has 0 saturated carbocycles. The molecule has 0 saturated heterocycles. The fourth-order valence-corrected chi connectivity index (χ4v) is 2.45. The lowest BCUT2D eigenvalue weighted by atomic mass is 10.0. The smallest absolute Gasteiger partial charge is 0.0294 e. The largest absolute Gasteiger partial charge is 0.307 e. The predicted octanol–water partition coefficient (Wildman–Crippen LogP) is 4.68. The van der Waals surface area contributed by atoms with Gasteiger partial charge in [-0.1, -0.05) is 50.2 Å². The van der Waals surface area contributed by atoms with E-state index >= 15 is 0 Å². The molecule has 0 radical (unpaired) electrons. The van der Waals surface area contributed by atoms with E-state index in [9.17, 15) is 0 Å². The number of nitrogens with one attached hydrogen (secondary N) is 1. The van der Waals surface area contributed by atoms with Crippen molar-refractivity contribution in [1.29, 1.82) is 0 Å². The molecule has 1 atom stereocenters. The van der Waals surface area contributed by atoms with E-state index in [1.165, 1.54) is 29.2 Å². The van der Waals surface area contributed by atoms with Crippen LogP contribution in [0.25, 0.3) is 10.8 Å². The van der Waals surface area contributed by atoms with Gasteiger partial charge in [-0.05, 0) is 42.2 Å². The van der Waals surface area contributed by atoms with E-state index in [2.05, 4.69) is 68.6 Å². The molecule has 0 heterocycles. The Bertz CT molecular complexity index is 500. The van der Waals surface area contributed by atoms with E-state index in [1.807, 2.05) is 0 Å². The van der Waals surface area contributed by atoms with Crippen molar-refractivity contribution in [3.05, 3.63) is 48.0 Å². The molecule has 0 aliphatic rings. The van der Waals surface area contributed by atoms with Gasteiger partial charge in [-0.25, -0.2) is 0 Å². The highest BCUT2D eigenvalue weighted by molar-refractivity contribution is 5.83. The molecule has 1 nitrogen and oxygen atoms in total. The maximum atomic E-state index is 3.70. The van der Waals surface area contributed by atoms with Crippen LogP contribution in [0.15, 0.2) is 42.5 Å². The Hall–Kier alpha value is -1.34. The Morgan fingerprint density at radius 3 is 2.28 bits per heavy atom. The molecule has 96 valence electrons. The number of hydrogen-bond acceptors (Lipinski definition) is 1. The van der Waals surface area contributed by atoms with Gasteiger partial charge in [-0.15, -0.1) is 0 Å². The van der Waals surface area contributed by atoms with Crippen LogP contribution >= 0.6 is 0 Å². The number of benzene rings is 2. The summed E-state index contributed by atoms with van der Waals surface area (Å²) in [6.07, 6.45) is 2.38. The van der Waals surface area contributed by atoms with Gasteiger partial charge in [0.05, 0.1) is 0 Å². The van der Waals surface area contributed by atoms with Gasteiger partial charge in [0.1, 0.15) is 0 Å². The molecule has 1 N–H and O–H groups in total. The number of fused-ring (bicyclic) bond motifs is 1. The molecule has 2 aromatic carbocycles. The minimum absolute atomic E-state index is 0.416. The topological polar surface area (TPSA) is 12.0 Å². The van der Waals surface area contributed by atoms with Crippen LogP contribution in [-0.4, -0.2) is 6.04 Å². The highest BCUT2D eigenvalue weighted by atomic mass is 14.9. The Kier molecular flexibility index (Phi) is 4.38. The Morgan fingerprint density at radius 2 is 1.61 bits per heavy atom. The van der Waals surface area contributed by atoms with Crippen LogP contribution in [0.4, 0.5) is 0 Å². The van der Waals surface area contributed by atoms with Gasteiger partial charge in [0.15, 0.2) is 0 Å². The molecule has 0 aliphatic heterocycles. The van der Waals surface area contributed by atoms with Gasteiger partial charge in [-0.2, -0.15) is 0 Å². The second-order valence-corrected chi connectivity index (χ2v) is 5.01. The van der Waals surface area contributed by atoms with E-state index in [0.29, 0.717) is 12.1 Å². The average Bonchev–Trinajstić information content (AvgIpc) is 2.44. The first-order valence-electron chi connectivity index (χ1n) is 6.99. The first-order chi connectivity index (χ1) is 8.74. The first kappa shape index (κ1) is 13.1. The van der Waals surface area contributed by atoms with Crippen molar-refractivity contribution in [1.82, 2.24) is 5.32 Å². The lowest BCUT2D eigenvalue weighted by Crippen LogP contribution is -2.30. The average molecular weight is 241 g/mol. The SMILES string of the molecule is CCC(CC)N[C@H](C)c1ccc2ccccc2c1. The Balaban J connectivity index is 2.19. The molecule has 0 aromatic heterocycles. The standard InChI is InChI=1S/C17H23N/c1-4-17(5-2)18-13(3)15-11-10-14-8-6-7-9-16(14)12-15/h6-13,17-18H,4-5H2,1-3H3/t13-/m1/s1. The normalized spacial score (nSPS) is 13.1. The highest BCUT2D eigenvalue weighted by Gasteiger charge is 2.10. The van der Waals surface area contributed by atoms with Crippen LogP contribution < -0.4 is 5.32 Å². The van der Waals surface area contributed by atoms with Crippen LogP contribution in [0.3, 0.4) is 0 Å². The second kappa shape index (κ2) is 6.01. The summed E-state index contributed by atoms with van der Waals surface area (Å²) >= 11 is 0. The molecule has 0 fully saturated rings. The summed E-state index contributed by atoms with van der Waals surface area (Å²) in [5.41, 5.74) is 1.38. The second-order valence-electron chi connectivity index (χ2n) is 5.01. The van der Waals surface area contributed by atoms with Crippen LogP contribution in [0.1, 0.15) is 45.2 Å². The predicted molar refractivity (Wildman–Crippen MR) is 79.9 cm³/mol. The van der Waals surface area contributed by atoms with Crippen molar-refractivity contribution < 1.29 is 0 Å². The Morgan fingerprint density at radius 1 is 0.944 bits per heavy atom. The summed E-state index contributed by atoms with van der Waals surface area (Å²) in [4.78, 5) is 0. The van der Waals surface area contributed by atoms with Gasteiger partial charge in [-0.3, -0.25) is 0 Å². The molecular formula is C17H23N. The minimum atomic E-state index is 0.416. The summed E-state index contributed by atoms with van der Waals surface area (Å²) in [7, 11) is 0. The molecule has 1 heteroatoms. The summed E-state index contributed by atoms with van der Waals surface area (Å²) in [5, 5.41) is 6.34. The van der Waals surface area contributed by atoms with E-state index in [1.54, 1.807) is 0 Å². The van der Waals surface area contributed by atoms with Gasteiger partial charge >= 0.3 is 0 Å². The molecule has 0 unspecified atom stereocenters. The maximum Gasteiger partial charge on any atom is 0.0294 e. The fraction of sp³-hybridized carbons (Fsp3) is 0.412. The third-order valence-corrected chi connectivity index (χ3v) is 3.74. The zero-order valence-corrected chi connectivity index (χ0v) is 11.6. The van der Waals surface area contributed by atoms with Crippen molar-refractivity contribution in [2.24, 2.45) is 0 Å². The van der Waals surface area contributed by atoms with Crippen molar-refractivity contribution >= 4 is 10.8 Å². The third-order valence-electron chi connectivity index (χ3n) is 3.74. The Labute approximate surface area is 110 Å². The molecule has 0 amide bonds. The van der Waals surface area contributed by atoms with Crippen LogP contribution in [0.5, 0.6) is 0 Å². The van der Waals surface area contributed by atoms with Crippen LogP contribution in [-0.2, 0) is 0 Å². The van der Waals surface area contributed by atoms with Crippen molar-refractivity contribution in [2.75, 3.05) is 0 Å². The quantitative estimate of drug-likeness (QED) is 0.801. The molecular weight excluding hydrogens is 218 g/mol. The zero-order valence-electron chi connectivity index (χ0n) is 11.6. The third kappa shape index (κ3) is 2.91. The molecule has 0 spiro atoms. The summed E-state index contributed by atoms with van der Waals surface area (Å²) in [5.74, 6) is 0. The maximum absolute atomic E-state index is 3.70. The molecule has 18 heavy (non-hydrogen) atoms. The van der Waals surface area contributed by atoms with E-state index in [-0.39, 0.29) is 0 Å². The monoisotopic (exact) mass is 241 g/mol. The van der Waals surface area contributed by atoms with Gasteiger partial charge in [0.25, 0.3) is 0 Å². The van der Waals surface area contributed by atoms with Gasteiger partial charge in [0, 0.05) is 12.1 Å². The van der Waals surface area contributed by atoms with E-state index in [0.717, 1.165) is 0 Å². The highest BCUT2D eigenvalue weighted by Crippen LogP contribution is 2.21. The van der Waals surface area contributed by atoms with Crippen LogP contribution in [0.2, 0.25) is 0 Å². The number of rotatable bonds is 5. The van der Waals surface area contributed by atoms with E-state index < -0.39 is 0 Å². The fourth-order valence-electron chi connectivity index (χ4n) is 2.45. The van der Waals surface area contributed by atoms with Gasteiger partial charge < -0.3 is 5.32 Å². The molecule has 2 rings (SSSR count). The van der Waals surface area contributed by atoms with E-state index in [4.69, 9.17) is 0 Å². The van der Waals surface area contributed by atoms with Crippen molar-refractivity contribution in [3.8, 4) is 0 Å². The summed E-state index contributed by atoms with van der Waals surface area (Å²) in [6, 6.07) is 16.3. The van der Waals surface area contributed by atoms with Crippen molar-refractivity contribution in [3.63, 3.8) is 0 Å². The lowest BCUT2D eigenvalue weighted by molar-refractivity contribution is 0.433. The molecule has 0 aliphatic carbocycles. The minimum Gasteiger partial charge on any atom is -0.307 e. The van der Waals surface area contributed by atoms with Gasteiger partial charge in [0.2, 0.25) is 0 Å². The summed E-state index contributed by atoms with van der Waals surface area (Å²) in [6.45, 7) is 6.74. The van der Waals surface area contributed by atoms with Crippen LogP contribution in [0, 0.1) is 0 Å². The lowest BCUT2D eigenvalue weighted by Gasteiger charge is -2.21. The first-order valence-corrected chi connectivity index (χ1v) is 6.99.